The van der Waals surface area contributed by atoms with Gasteiger partial charge in [0, 0.05) is 12.0 Å². The lowest BCUT2D eigenvalue weighted by Gasteiger charge is -2.12. The van der Waals surface area contributed by atoms with Gasteiger partial charge >= 0.3 is 5.97 Å². The van der Waals surface area contributed by atoms with Crippen LogP contribution in [0, 0.1) is 0 Å². The van der Waals surface area contributed by atoms with Crippen molar-refractivity contribution in [3.05, 3.63) is 23.3 Å². The highest BCUT2D eigenvalue weighted by Crippen LogP contribution is 2.39. The Morgan fingerprint density at radius 1 is 1.65 bits per heavy atom. The summed E-state index contributed by atoms with van der Waals surface area (Å²) in [7, 11) is 1.53. The molecule has 0 spiro atoms. The fourth-order valence-corrected chi connectivity index (χ4v) is 2.00. The molecule has 0 radical (unpaired) electrons. The van der Waals surface area contributed by atoms with E-state index in [1.165, 1.54) is 7.11 Å². The number of aliphatic carboxylic acids is 1. The highest BCUT2D eigenvalue weighted by molar-refractivity contribution is 5.76. The van der Waals surface area contributed by atoms with Gasteiger partial charge in [-0.25, -0.2) is 0 Å². The summed E-state index contributed by atoms with van der Waals surface area (Å²) in [5, 5.41) is 8.90. The number of benzene rings is 1. The third-order valence-corrected chi connectivity index (χ3v) is 2.83. The first-order valence-electron chi connectivity index (χ1n) is 5.38. The van der Waals surface area contributed by atoms with Crippen LogP contribution in [0.3, 0.4) is 0 Å². The molecule has 1 aliphatic rings. The standard InChI is InChI=1S/C12H15NO4/c1-6-3-8-4-7(10(13)12(14)15)5-9(16-2)11(8)17-6/h4-6,10H,3,13H2,1-2H3,(H,14,15). The van der Waals surface area contributed by atoms with Crippen LogP contribution in [0.5, 0.6) is 11.5 Å². The summed E-state index contributed by atoms with van der Waals surface area (Å²) in [5.74, 6) is 0.179. The molecular formula is C12H15NO4. The van der Waals surface area contributed by atoms with Crippen molar-refractivity contribution in [2.24, 2.45) is 5.73 Å². The Balaban J connectivity index is 2.45. The van der Waals surface area contributed by atoms with E-state index in [1.807, 2.05) is 6.92 Å². The van der Waals surface area contributed by atoms with Crippen molar-refractivity contribution < 1.29 is 19.4 Å². The van der Waals surface area contributed by atoms with Gasteiger partial charge in [-0.15, -0.1) is 0 Å². The molecule has 0 fully saturated rings. The second-order valence-corrected chi connectivity index (χ2v) is 4.16. The monoisotopic (exact) mass is 237 g/mol. The highest BCUT2D eigenvalue weighted by atomic mass is 16.5. The van der Waals surface area contributed by atoms with Crippen LogP contribution >= 0.6 is 0 Å². The van der Waals surface area contributed by atoms with E-state index in [0.717, 1.165) is 12.0 Å². The Morgan fingerprint density at radius 3 is 2.94 bits per heavy atom. The molecule has 1 aliphatic heterocycles. The number of fused-ring (bicyclic) bond motifs is 1. The molecule has 2 rings (SSSR count). The molecule has 0 saturated carbocycles. The van der Waals surface area contributed by atoms with Gasteiger partial charge in [0.15, 0.2) is 11.5 Å². The lowest BCUT2D eigenvalue weighted by Crippen LogP contribution is -2.20. The average Bonchev–Trinajstić information content (AvgIpc) is 2.66. The predicted molar refractivity (Wildman–Crippen MR) is 61.4 cm³/mol. The molecule has 2 unspecified atom stereocenters. The fourth-order valence-electron chi connectivity index (χ4n) is 2.00. The molecule has 2 atom stereocenters. The molecule has 3 N–H and O–H groups in total. The number of nitrogens with two attached hydrogens (primary N) is 1. The van der Waals surface area contributed by atoms with Crippen LogP contribution in [-0.2, 0) is 11.2 Å². The van der Waals surface area contributed by atoms with Crippen molar-refractivity contribution >= 4 is 5.97 Å². The van der Waals surface area contributed by atoms with Gasteiger partial charge in [-0.3, -0.25) is 4.79 Å². The van der Waals surface area contributed by atoms with Gasteiger partial charge in [0.25, 0.3) is 0 Å². The van der Waals surface area contributed by atoms with Crippen LogP contribution in [0.4, 0.5) is 0 Å². The Labute approximate surface area is 99.1 Å². The summed E-state index contributed by atoms with van der Waals surface area (Å²) in [6, 6.07) is 2.36. The maximum absolute atomic E-state index is 10.9. The zero-order valence-corrected chi connectivity index (χ0v) is 9.77. The number of carboxylic acids is 1. The molecule has 1 aromatic rings. The molecule has 92 valence electrons. The Kier molecular flexibility index (Phi) is 2.93. The highest BCUT2D eigenvalue weighted by Gasteiger charge is 2.26. The van der Waals surface area contributed by atoms with Crippen molar-refractivity contribution in [1.29, 1.82) is 0 Å². The average molecular weight is 237 g/mol. The quantitative estimate of drug-likeness (QED) is 0.822. The van der Waals surface area contributed by atoms with E-state index in [9.17, 15) is 4.79 Å². The zero-order chi connectivity index (χ0) is 12.6. The van der Waals surface area contributed by atoms with Crippen molar-refractivity contribution in [3.8, 4) is 11.5 Å². The smallest absolute Gasteiger partial charge is 0.325 e. The summed E-state index contributed by atoms with van der Waals surface area (Å²) in [4.78, 5) is 10.9. The topological polar surface area (TPSA) is 81.8 Å². The SMILES string of the molecule is COc1cc(C(N)C(=O)O)cc2c1OC(C)C2. The molecule has 1 heterocycles. The minimum atomic E-state index is -1.06. The van der Waals surface area contributed by atoms with Gasteiger partial charge in [0.2, 0.25) is 0 Å². The van der Waals surface area contributed by atoms with Crippen LogP contribution in [0.1, 0.15) is 24.1 Å². The summed E-state index contributed by atoms with van der Waals surface area (Å²) in [5.41, 5.74) is 7.08. The second kappa shape index (κ2) is 4.25. The first kappa shape index (κ1) is 11.7. The lowest BCUT2D eigenvalue weighted by molar-refractivity contribution is -0.138. The van der Waals surface area contributed by atoms with Crippen LogP contribution in [0.2, 0.25) is 0 Å². The first-order chi connectivity index (χ1) is 8.02. The van der Waals surface area contributed by atoms with Gasteiger partial charge in [-0.2, -0.15) is 0 Å². The van der Waals surface area contributed by atoms with Crippen LogP contribution < -0.4 is 15.2 Å². The minimum Gasteiger partial charge on any atom is -0.493 e. The zero-order valence-electron chi connectivity index (χ0n) is 9.77. The molecule has 0 aromatic heterocycles. The Hall–Kier alpha value is -1.75. The summed E-state index contributed by atoms with van der Waals surface area (Å²) < 4.78 is 10.8. The maximum atomic E-state index is 10.9. The van der Waals surface area contributed by atoms with E-state index in [1.54, 1.807) is 12.1 Å². The van der Waals surface area contributed by atoms with Crippen LogP contribution in [0.25, 0.3) is 0 Å². The molecular weight excluding hydrogens is 222 g/mol. The van der Waals surface area contributed by atoms with E-state index in [2.05, 4.69) is 0 Å². The third kappa shape index (κ3) is 2.06. The number of carboxylic acid groups (broad SMARTS) is 1. The van der Waals surface area contributed by atoms with E-state index in [0.29, 0.717) is 17.1 Å². The number of carbonyl (C=O) groups is 1. The largest absolute Gasteiger partial charge is 0.493 e. The Bertz CT molecular complexity index is 458. The van der Waals surface area contributed by atoms with E-state index in [-0.39, 0.29) is 6.10 Å². The molecule has 0 aliphatic carbocycles. The van der Waals surface area contributed by atoms with Gasteiger partial charge in [-0.05, 0) is 24.6 Å². The first-order valence-corrected chi connectivity index (χ1v) is 5.38. The normalized spacial score (nSPS) is 19.4. The molecule has 0 saturated heterocycles. The van der Waals surface area contributed by atoms with E-state index >= 15 is 0 Å². The molecule has 5 heteroatoms. The maximum Gasteiger partial charge on any atom is 0.325 e. The van der Waals surface area contributed by atoms with E-state index in [4.69, 9.17) is 20.3 Å². The predicted octanol–water partition coefficient (Wildman–Crippen LogP) is 1.10. The van der Waals surface area contributed by atoms with Gasteiger partial charge in [-0.1, -0.05) is 0 Å². The molecule has 0 bridgehead atoms. The molecule has 1 aromatic carbocycles. The number of hydrogen-bond donors (Lipinski definition) is 2. The summed E-state index contributed by atoms with van der Waals surface area (Å²) in [6.07, 6.45) is 0.821. The van der Waals surface area contributed by atoms with Gasteiger partial charge in [0.1, 0.15) is 12.1 Å². The number of hydrogen-bond acceptors (Lipinski definition) is 4. The number of rotatable bonds is 3. The number of methoxy groups -OCH3 is 1. The minimum absolute atomic E-state index is 0.0789. The Morgan fingerprint density at radius 2 is 2.35 bits per heavy atom. The van der Waals surface area contributed by atoms with Crippen molar-refractivity contribution in [1.82, 2.24) is 0 Å². The fraction of sp³-hybridized carbons (Fsp3) is 0.417. The van der Waals surface area contributed by atoms with Crippen molar-refractivity contribution in [2.75, 3.05) is 7.11 Å². The molecule has 17 heavy (non-hydrogen) atoms. The molecule has 0 amide bonds. The van der Waals surface area contributed by atoms with E-state index < -0.39 is 12.0 Å². The van der Waals surface area contributed by atoms with Crippen LogP contribution in [-0.4, -0.2) is 24.3 Å². The summed E-state index contributed by atoms with van der Waals surface area (Å²) >= 11 is 0. The summed E-state index contributed by atoms with van der Waals surface area (Å²) in [6.45, 7) is 1.95. The van der Waals surface area contributed by atoms with Crippen molar-refractivity contribution in [3.63, 3.8) is 0 Å². The van der Waals surface area contributed by atoms with Gasteiger partial charge < -0.3 is 20.3 Å². The van der Waals surface area contributed by atoms with Crippen molar-refractivity contribution in [2.45, 2.75) is 25.5 Å². The second-order valence-electron chi connectivity index (χ2n) is 4.16. The number of ether oxygens (including phenoxy) is 2. The third-order valence-electron chi connectivity index (χ3n) is 2.83. The molecule has 5 nitrogen and oxygen atoms in total. The lowest BCUT2D eigenvalue weighted by atomic mass is 10.0. The van der Waals surface area contributed by atoms with Gasteiger partial charge in [0.05, 0.1) is 7.11 Å². The van der Waals surface area contributed by atoms with Crippen LogP contribution in [0.15, 0.2) is 12.1 Å².